The molecule has 0 aliphatic heterocycles. The molecule has 14 heavy (non-hydrogen) atoms. The van der Waals surface area contributed by atoms with Gasteiger partial charge in [0.25, 0.3) is 0 Å². The number of aliphatic hydroxyl groups excluding tert-OH is 2. The zero-order chi connectivity index (χ0) is 11.1. The van der Waals surface area contributed by atoms with E-state index in [0.29, 0.717) is 0 Å². The summed E-state index contributed by atoms with van der Waals surface area (Å²) in [6, 6.07) is 0. The third-order valence-corrected chi connectivity index (χ3v) is 2.03. The zero-order valence-corrected chi connectivity index (χ0v) is 8.59. The highest BCUT2D eigenvalue weighted by Gasteiger charge is 2.29. The molecule has 0 saturated carbocycles. The molecule has 0 fully saturated rings. The number of ether oxygens (including phenoxy) is 2. The second-order valence-electron chi connectivity index (χ2n) is 2.85. The van der Waals surface area contributed by atoms with Crippen molar-refractivity contribution in [1.82, 2.24) is 0 Å². The molecule has 3 unspecified atom stereocenters. The lowest BCUT2D eigenvalue weighted by Gasteiger charge is -2.27. The highest BCUT2D eigenvalue weighted by molar-refractivity contribution is 4.96. The molecule has 4 heteroatoms. The Morgan fingerprint density at radius 1 is 0.929 bits per heavy atom. The van der Waals surface area contributed by atoms with Gasteiger partial charge in [0.1, 0.15) is 24.4 Å². The fourth-order valence-corrected chi connectivity index (χ4v) is 1.14. The molecule has 82 valence electrons. The van der Waals surface area contributed by atoms with Crippen LogP contribution >= 0.6 is 0 Å². The predicted octanol–water partition coefficient (Wildman–Crippen LogP) is 0.110. The quantitative estimate of drug-likeness (QED) is 0.575. The van der Waals surface area contributed by atoms with Crippen LogP contribution in [0.4, 0.5) is 0 Å². The molecule has 4 atom stereocenters. The standard InChI is InChI=1S/C10H18O4/c1-5-7(13-3)9(11)10(12)8(6-2)14-4/h5-12H,1-2H2,3-4H3/t7?,8?,9-,10?/m0/s1. The Morgan fingerprint density at radius 2 is 1.21 bits per heavy atom. The largest absolute Gasteiger partial charge is 0.387 e. The minimum atomic E-state index is -1.08. The van der Waals surface area contributed by atoms with Gasteiger partial charge in [-0.15, -0.1) is 13.2 Å². The van der Waals surface area contributed by atoms with Crippen molar-refractivity contribution < 1.29 is 19.7 Å². The summed E-state index contributed by atoms with van der Waals surface area (Å²) in [4.78, 5) is 0. The Morgan fingerprint density at radius 3 is 1.36 bits per heavy atom. The topological polar surface area (TPSA) is 58.9 Å². The van der Waals surface area contributed by atoms with Gasteiger partial charge in [-0.25, -0.2) is 0 Å². The van der Waals surface area contributed by atoms with Crippen LogP contribution in [0.15, 0.2) is 25.3 Å². The summed E-state index contributed by atoms with van der Waals surface area (Å²) < 4.78 is 9.81. The van der Waals surface area contributed by atoms with Gasteiger partial charge in [0.15, 0.2) is 0 Å². The van der Waals surface area contributed by atoms with Gasteiger partial charge < -0.3 is 19.7 Å². The fourth-order valence-electron chi connectivity index (χ4n) is 1.14. The first-order chi connectivity index (χ1) is 6.62. The van der Waals surface area contributed by atoms with E-state index >= 15 is 0 Å². The van der Waals surface area contributed by atoms with Gasteiger partial charge in [0, 0.05) is 14.2 Å². The van der Waals surface area contributed by atoms with Gasteiger partial charge >= 0.3 is 0 Å². The number of hydrogen-bond acceptors (Lipinski definition) is 4. The Hall–Kier alpha value is -0.680. The van der Waals surface area contributed by atoms with Crippen LogP contribution in [0.2, 0.25) is 0 Å². The summed E-state index contributed by atoms with van der Waals surface area (Å²) in [5.74, 6) is 0. The molecule has 0 aromatic rings. The van der Waals surface area contributed by atoms with Gasteiger partial charge in [0.05, 0.1) is 0 Å². The minimum absolute atomic E-state index is 0.623. The molecule has 0 aromatic carbocycles. The normalized spacial score (nSPS) is 19.4. The van der Waals surface area contributed by atoms with Crippen molar-refractivity contribution in [3.63, 3.8) is 0 Å². The van der Waals surface area contributed by atoms with E-state index in [1.165, 1.54) is 26.4 Å². The summed E-state index contributed by atoms with van der Waals surface area (Å²) in [6.45, 7) is 6.97. The maximum atomic E-state index is 9.64. The maximum absolute atomic E-state index is 9.64. The predicted molar refractivity (Wildman–Crippen MR) is 54.0 cm³/mol. The average Bonchev–Trinajstić information content (AvgIpc) is 2.21. The number of aliphatic hydroxyl groups is 2. The van der Waals surface area contributed by atoms with Crippen molar-refractivity contribution in [2.24, 2.45) is 0 Å². The molecule has 0 amide bonds. The Balaban J connectivity index is 4.40. The van der Waals surface area contributed by atoms with Gasteiger partial charge in [-0.2, -0.15) is 0 Å². The average molecular weight is 202 g/mol. The zero-order valence-electron chi connectivity index (χ0n) is 8.59. The molecular weight excluding hydrogens is 184 g/mol. The lowest BCUT2D eigenvalue weighted by atomic mass is 10.0. The number of rotatable bonds is 7. The van der Waals surface area contributed by atoms with Crippen LogP contribution in [0.25, 0.3) is 0 Å². The maximum Gasteiger partial charge on any atom is 0.112 e. The van der Waals surface area contributed by atoms with Crippen LogP contribution in [0, 0.1) is 0 Å². The Kier molecular flexibility index (Phi) is 6.40. The summed E-state index contributed by atoms with van der Waals surface area (Å²) in [7, 11) is 2.86. The third-order valence-electron chi connectivity index (χ3n) is 2.03. The van der Waals surface area contributed by atoms with E-state index in [9.17, 15) is 10.2 Å². The molecule has 0 aliphatic rings. The lowest BCUT2D eigenvalue weighted by molar-refractivity contribution is -0.0978. The van der Waals surface area contributed by atoms with Crippen molar-refractivity contribution >= 4 is 0 Å². The van der Waals surface area contributed by atoms with Crippen molar-refractivity contribution in [2.75, 3.05) is 14.2 Å². The minimum Gasteiger partial charge on any atom is -0.387 e. The Labute approximate surface area is 84.5 Å². The SMILES string of the molecule is C=CC(OC)C(O)[C@@H](O)C(C=C)OC. The van der Waals surface area contributed by atoms with E-state index in [1.54, 1.807) is 0 Å². The second-order valence-corrected chi connectivity index (χ2v) is 2.85. The molecular formula is C10H18O4. The summed E-state index contributed by atoms with van der Waals surface area (Å²) in [5, 5.41) is 19.3. The van der Waals surface area contributed by atoms with Crippen LogP contribution in [0.1, 0.15) is 0 Å². The smallest absolute Gasteiger partial charge is 0.112 e. The van der Waals surface area contributed by atoms with Gasteiger partial charge in [-0.3, -0.25) is 0 Å². The van der Waals surface area contributed by atoms with Crippen molar-refractivity contribution in [1.29, 1.82) is 0 Å². The van der Waals surface area contributed by atoms with Crippen molar-refractivity contribution in [3.8, 4) is 0 Å². The highest BCUT2D eigenvalue weighted by atomic mass is 16.5. The molecule has 4 nitrogen and oxygen atoms in total. The molecule has 0 spiro atoms. The van der Waals surface area contributed by atoms with Crippen LogP contribution in [-0.4, -0.2) is 48.8 Å². The van der Waals surface area contributed by atoms with Gasteiger partial charge in [-0.1, -0.05) is 12.2 Å². The van der Waals surface area contributed by atoms with E-state index in [4.69, 9.17) is 9.47 Å². The van der Waals surface area contributed by atoms with Crippen LogP contribution in [0.5, 0.6) is 0 Å². The second kappa shape index (κ2) is 6.73. The third kappa shape index (κ3) is 3.23. The van der Waals surface area contributed by atoms with E-state index < -0.39 is 24.4 Å². The highest BCUT2D eigenvalue weighted by Crippen LogP contribution is 2.11. The van der Waals surface area contributed by atoms with Crippen LogP contribution in [-0.2, 0) is 9.47 Å². The summed E-state index contributed by atoms with van der Waals surface area (Å²) in [6.07, 6.45) is -0.570. The summed E-state index contributed by atoms with van der Waals surface area (Å²) in [5.41, 5.74) is 0. The van der Waals surface area contributed by atoms with E-state index in [2.05, 4.69) is 13.2 Å². The first-order valence-electron chi connectivity index (χ1n) is 4.29. The van der Waals surface area contributed by atoms with Crippen LogP contribution < -0.4 is 0 Å². The molecule has 0 rings (SSSR count). The fraction of sp³-hybridized carbons (Fsp3) is 0.600. The van der Waals surface area contributed by atoms with Crippen molar-refractivity contribution in [2.45, 2.75) is 24.4 Å². The van der Waals surface area contributed by atoms with Gasteiger partial charge in [-0.05, 0) is 0 Å². The molecule has 0 saturated heterocycles. The summed E-state index contributed by atoms with van der Waals surface area (Å²) >= 11 is 0. The molecule has 0 aliphatic carbocycles. The number of methoxy groups -OCH3 is 2. The number of hydrogen-bond donors (Lipinski definition) is 2. The van der Waals surface area contributed by atoms with E-state index in [0.717, 1.165) is 0 Å². The monoisotopic (exact) mass is 202 g/mol. The molecule has 0 aromatic heterocycles. The first-order valence-corrected chi connectivity index (χ1v) is 4.29. The van der Waals surface area contributed by atoms with Crippen LogP contribution in [0.3, 0.4) is 0 Å². The Bertz CT molecular complexity index is 161. The lowest BCUT2D eigenvalue weighted by Crippen LogP contribution is -2.44. The van der Waals surface area contributed by atoms with E-state index in [1.807, 2.05) is 0 Å². The molecule has 0 radical (unpaired) electrons. The van der Waals surface area contributed by atoms with Crippen molar-refractivity contribution in [3.05, 3.63) is 25.3 Å². The molecule has 2 N–H and O–H groups in total. The van der Waals surface area contributed by atoms with E-state index in [-0.39, 0.29) is 0 Å². The molecule has 0 heterocycles. The van der Waals surface area contributed by atoms with Gasteiger partial charge in [0.2, 0.25) is 0 Å². The first kappa shape index (κ1) is 13.3. The molecule has 0 bridgehead atoms.